The van der Waals surface area contributed by atoms with Gasteiger partial charge in [-0.2, -0.15) is 5.26 Å². The fraction of sp³-hybridized carbons (Fsp3) is 0.273. The van der Waals surface area contributed by atoms with Gasteiger partial charge in [0.25, 0.3) is 0 Å². The lowest BCUT2D eigenvalue weighted by Gasteiger charge is -2.32. The molecule has 5 heteroatoms. The number of hydrogen-bond donors (Lipinski definition) is 0. The van der Waals surface area contributed by atoms with Crippen molar-refractivity contribution in [3.05, 3.63) is 60.3 Å². The summed E-state index contributed by atoms with van der Waals surface area (Å²) in [6, 6.07) is 17.9. The highest BCUT2D eigenvalue weighted by Crippen LogP contribution is 2.38. The molecule has 3 aromatic rings. The molecule has 0 unspecified atom stereocenters. The molecule has 1 saturated heterocycles. The monoisotopic (exact) mass is 356 g/mol. The summed E-state index contributed by atoms with van der Waals surface area (Å²) in [6.07, 6.45) is 1.79. The molecule has 2 aromatic carbocycles. The molecule has 0 atom stereocenters. The third-order valence-electron chi connectivity index (χ3n) is 5.61. The number of benzene rings is 2. The maximum absolute atomic E-state index is 9.42. The minimum Gasteiger partial charge on any atom is -0.399 e. The van der Waals surface area contributed by atoms with Gasteiger partial charge in [-0.25, -0.2) is 0 Å². The average Bonchev–Trinajstić information content (AvgIpc) is 2.88. The van der Waals surface area contributed by atoms with Crippen LogP contribution in [-0.2, 0) is 9.31 Å². The maximum Gasteiger partial charge on any atom is 0.495 e. The average molecular weight is 356 g/mol. The minimum atomic E-state index is -0.503. The van der Waals surface area contributed by atoms with E-state index >= 15 is 0 Å². The number of hydrogen-bond acceptors (Lipinski definition) is 4. The Kier molecular flexibility index (Phi) is 4.07. The van der Waals surface area contributed by atoms with Gasteiger partial charge in [0.2, 0.25) is 0 Å². The van der Waals surface area contributed by atoms with E-state index in [0.29, 0.717) is 5.56 Å². The van der Waals surface area contributed by atoms with Crippen LogP contribution in [0.5, 0.6) is 0 Å². The lowest BCUT2D eigenvalue weighted by molar-refractivity contribution is 0.00578. The zero-order valence-corrected chi connectivity index (χ0v) is 16.0. The molecular formula is C22H21BN2O2. The fourth-order valence-corrected chi connectivity index (χ4v) is 3.36. The van der Waals surface area contributed by atoms with Crippen molar-refractivity contribution in [1.82, 2.24) is 4.98 Å². The molecule has 1 aliphatic rings. The molecule has 27 heavy (non-hydrogen) atoms. The van der Waals surface area contributed by atoms with Crippen molar-refractivity contribution >= 4 is 23.5 Å². The van der Waals surface area contributed by atoms with Crippen molar-refractivity contribution in [3.8, 4) is 17.2 Å². The molecule has 0 amide bonds. The summed E-state index contributed by atoms with van der Waals surface area (Å²) in [4.78, 5) is 4.57. The number of nitriles is 1. The molecule has 0 saturated carbocycles. The molecule has 134 valence electrons. The summed E-state index contributed by atoms with van der Waals surface area (Å²) >= 11 is 0. The van der Waals surface area contributed by atoms with Crippen LogP contribution in [-0.4, -0.2) is 23.3 Å². The van der Waals surface area contributed by atoms with Gasteiger partial charge in [0, 0.05) is 17.1 Å². The molecule has 1 aliphatic heterocycles. The summed E-state index contributed by atoms with van der Waals surface area (Å²) in [5.74, 6) is 0. The van der Waals surface area contributed by atoms with Gasteiger partial charge in [0.05, 0.1) is 28.4 Å². The van der Waals surface area contributed by atoms with Crippen LogP contribution >= 0.6 is 0 Å². The van der Waals surface area contributed by atoms with E-state index in [1.165, 1.54) is 0 Å². The van der Waals surface area contributed by atoms with Crippen LogP contribution in [0.2, 0.25) is 0 Å². The molecule has 1 fully saturated rings. The topological polar surface area (TPSA) is 55.1 Å². The van der Waals surface area contributed by atoms with Gasteiger partial charge in [0.15, 0.2) is 0 Å². The molecular weight excluding hydrogens is 335 g/mol. The van der Waals surface area contributed by atoms with Gasteiger partial charge in [0.1, 0.15) is 0 Å². The summed E-state index contributed by atoms with van der Waals surface area (Å²) in [7, 11) is -0.503. The van der Waals surface area contributed by atoms with E-state index < -0.39 is 18.3 Å². The smallest absolute Gasteiger partial charge is 0.399 e. The Bertz CT molecular complexity index is 1050. The molecule has 2 heterocycles. The lowest BCUT2D eigenvalue weighted by Crippen LogP contribution is -2.41. The Morgan fingerprint density at radius 1 is 0.926 bits per heavy atom. The van der Waals surface area contributed by atoms with Crippen LogP contribution < -0.4 is 5.46 Å². The lowest BCUT2D eigenvalue weighted by atomic mass is 9.73. The first kappa shape index (κ1) is 17.7. The quantitative estimate of drug-likeness (QED) is 0.650. The number of aromatic nitrogens is 1. The van der Waals surface area contributed by atoms with Crippen LogP contribution in [0.25, 0.3) is 22.0 Å². The van der Waals surface area contributed by atoms with Crippen molar-refractivity contribution in [2.24, 2.45) is 0 Å². The number of nitrogens with zero attached hydrogens (tertiary/aromatic N) is 2. The second-order valence-electron chi connectivity index (χ2n) is 7.88. The highest BCUT2D eigenvalue weighted by atomic mass is 16.7. The Labute approximate surface area is 159 Å². The number of para-hydroxylation sites is 1. The van der Waals surface area contributed by atoms with Gasteiger partial charge < -0.3 is 9.31 Å². The Balaban J connectivity index is 1.92. The van der Waals surface area contributed by atoms with Crippen molar-refractivity contribution in [1.29, 1.82) is 5.26 Å². The molecule has 0 spiro atoms. The van der Waals surface area contributed by atoms with Gasteiger partial charge in [-0.1, -0.05) is 30.3 Å². The zero-order valence-electron chi connectivity index (χ0n) is 16.0. The van der Waals surface area contributed by atoms with Crippen LogP contribution in [0.3, 0.4) is 0 Å². The van der Waals surface area contributed by atoms with E-state index in [0.717, 1.165) is 27.5 Å². The summed E-state index contributed by atoms with van der Waals surface area (Å²) in [6.45, 7) is 8.15. The van der Waals surface area contributed by atoms with Gasteiger partial charge >= 0.3 is 7.12 Å². The third kappa shape index (κ3) is 2.91. The van der Waals surface area contributed by atoms with Crippen molar-refractivity contribution in [2.75, 3.05) is 0 Å². The Morgan fingerprint density at radius 3 is 2.33 bits per heavy atom. The molecule has 1 aromatic heterocycles. The van der Waals surface area contributed by atoms with Crippen LogP contribution in [0.15, 0.2) is 54.7 Å². The second kappa shape index (κ2) is 6.19. The first-order chi connectivity index (χ1) is 12.8. The van der Waals surface area contributed by atoms with E-state index in [2.05, 4.69) is 11.1 Å². The van der Waals surface area contributed by atoms with Gasteiger partial charge in [-0.05, 0) is 56.9 Å². The molecule has 4 nitrogen and oxygen atoms in total. The summed E-state index contributed by atoms with van der Waals surface area (Å²) < 4.78 is 12.5. The van der Waals surface area contributed by atoms with Crippen LogP contribution in [0.1, 0.15) is 33.3 Å². The Hall–Kier alpha value is -2.68. The van der Waals surface area contributed by atoms with E-state index in [4.69, 9.17) is 9.31 Å². The standard InChI is InChI=1S/C22H21BN2O2/c1-21(2)22(3,4)27-23(26-21)19-11-10-15(14-24)13-18(19)17-9-5-7-16-8-6-12-25-20(16)17/h5-13H,1-4H3. The van der Waals surface area contributed by atoms with E-state index in [1.54, 1.807) is 6.20 Å². The van der Waals surface area contributed by atoms with Crippen molar-refractivity contribution in [3.63, 3.8) is 0 Å². The highest BCUT2D eigenvalue weighted by molar-refractivity contribution is 6.64. The van der Waals surface area contributed by atoms with Crippen LogP contribution in [0, 0.1) is 11.3 Å². The first-order valence-electron chi connectivity index (χ1n) is 9.06. The van der Waals surface area contributed by atoms with Crippen molar-refractivity contribution in [2.45, 2.75) is 38.9 Å². The molecule has 0 aliphatic carbocycles. The minimum absolute atomic E-state index is 0.431. The Morgan fingerprint density at radius 2 is 1.63 bits per heavy atom. The molecule has 0 bridgehead atoms. The second-order valence-corrected chi connectivity index (χ2v) is 7.88. The fourth-order valence-electron chi connectivity index (χ4n) is 3.36. The van der Waals surface area contributed by atoms with E-state index in [-0.39, 0.29) is 0 Å². The van der Waals surface area contributed by atoms with Gasteiger partial charge in [-0.3, -0.25) is 4.98 Å². The predicted molar refractivity (Wildman–Crippen MR) is 108 cm³/mol. The number of rotatable bonds is 2. The molecule has 0 N–H and O–H groups in total. The third-order valence-corrected chi connectivity index (χ3v) is 5.61. The summed E-state index contributed by atoms with van der Waals surface area (Å²) in [5.41, 5.74) is 3.42. The maximum atomic E-state index is 9.42. The normalized spacial score (nSPS) is 17.8. The molecule has 4 rings (SSSR count). The van der Waals surface area contributed by atoms with Crippen LogP contribution in [0.4, 0.5) is 0 Å². The zero-order chi connectivity index (χ0) is 19.2. The largest absolute Gasteiger partial charge is 0.495 e. The van der Waals surface area contributed by atoms with E-state index in [1.807, 2.05) is 76.2 Å². The van der Waals surface area contributed by atoms with Crippen molar-refractivity contribution < 1.29 is 9.31 Å². The van der Waals surface area contributed by atoms with Gasteiger partial charge in [-0.15, -0.1) is 0 Å². The number of fused-ring (bicyclic) bond motifs is 1. The SMILES string of the molecule is CC1(C)OB(c2ccc(C#N)cc2-c2cccc3cccnc23)OC1(C)C. The predicted octanol–water partition coefficient (Wildman–Crippen LogP) is 4.07. The van der Waals surface area contributed by atoms with E-state index in [9.17, 15) is 5.26 Å². The summed E-state index contributed by atoms with van der Waals surface area (Å²) in [5, 5.41) is 10.5. The number of pyridine rings is 1. The first-order valence-corrected chi connectivity index (χ1v) is 9.06. The highest BCUT2D eigenvalue weighted by Gasteiger charge is 2.52. The molecule has 0 radical (unpaired) electrons.